The van der Waals surface area contributed by atoms with Gasteiger partial charge >= 0.3 is 0 Å². The van der Waals surface area contributed by atoms with Crippen molar-refractivity contribution in [2.24, 2.45) is 0 Å². The Balaban J connectivity index is 1.32. The van der Waals surface area contributed by atoms with Gasteiger partial charge in [0.1, 0.15) is 0 Å². The molecule has 13 rings (SSSR count). The molecule has 4 aromatic heterocycles. The van der Waals surface area contributed by atoms with Crippen molar-refractivity contribution in [2.75, 3.05) is 4.90 Å². The van der Waals surface area contributed by atoms with Gasteiger partial charge in [0.05, 0.1) is 38.8 Å². The van der Waals surface area contributed by atoms with Crippen LogP contribution >= 0.6 is 0 Å². The molecule has 244 valence electrons. The number of hydrogen-bond acceptors (Lipinski definition) is 1. The van der Waals surface area contributed by atoms with Gasteiger partial charge in [-0.25, -0.2) is 0 Å². The highest BCUT2D eigenvalue weighted by Gasteiger charge is 2.28. The molecule has 3 nitrogen and oxygen atoms in total. The average molecular weight is 672 g/mol. The van der Waals surface area contributed by atoms with Gasteiger partial charge in [-0.1, -0.05) is 115 Å². The van der Waals surface area contributed by atoms with Crippen LogP contribution in [0.5, 0.6) is 0 Å². The van der Waals surface area contributed by atoms with Crippen LogP contribution in [0, 0.1) is 0 Å². The van der Waals surface area contributed by atoms with Crippen molar-refractivity contribution in [3.63, 3.8) is 0 Å². The maximum Gasteiger partial charge on any atom is 0.0782 e. The first-order valence-corrected chi connectivity index (χ1v) is 18.4. The molecular formula is C50H29N3. The standard InChI is InChI=1S/C50H29N3/c1-3-16-32(17-4-1)51(33-18-5-2-6-19-33)43-25-13-23-37-39-29-31-15-8-10-21-35(31)45-47-42(53(48(37)43)50(39)45)27-26-41-46(47)44-34-20-9-7-14-30(34)28-38-36-22-11-12-24-40(36)52(41)49(38)44/h1-29H. The molecule has 0 saturated carbocycles. The minimum absolute atomic E-state index is 1.13. The first kappa shape index (κ1) is 27.6. The predicted octanol–water partition coefficient (Wildman–Crippen LogP) is 13.8. The largest absolute Gasteiger partial charge is 0.308 e. The maximum atomic E-state index is 2.59. The van der Waals surface area contributed by atoms with Crippen LogP contribution in [0.4, 0.5) is 17.1 Å². The van der Waals surface area contributed by atoms with Crippen LogP contribution in [0.25, 0.3) is 97.7 Å². The van der Waals surface area contributed by atoms with Crippen LogP contribution in [0.1, 0.15) is 0 Å². The fourth-order valence-electron chi connectivity index (χ4n) is 9.88. The summed E-state index contributed by atoms with van der Waals surface area (Å²) in [5.74, 6) is 0. The molecule has 0 unspecified atom stereocenters. The molecule has 0 amide bonds. The monoisotopic (exact) mass is 671 g/mol. The number of aromatic nitrogens is 2. The van der Waals surface area contributed by atoms with Crippen LogP contribution in [-0.2, 0) is 0 Å². The molecule has 0 aliphatic carbocycles. The summed E-state index contributed by atoms with van der Waals surface area (Å²) in [5.41, 5.74) is 11.0. The number of hydrogen-bond donors (Lipinski definition) is 0. The van der Waals surface area contributed by atoms with Gasteiger partial charge in [0.25, 0.3) is 0 Å². The van der Waals surface area contributed by atoms with Crippen molar-refractivity contribution in [3.8, 4) is 0 Å². The van der Waals surface area contributed by atoms with Gasteiger partial charge in [-0.15, -0.1) is 0 Å². The van der Waals surface area contributed by atoms with E-state index in [4.69, 9.17) is 0 Å². The Labute approximate surface area is 303 Å². The zero-order valence-electron chi connectivity index (χ0n) is 28.6. The lowest BCUT2D eigenvalue weighted by molar-refractivity contribution is 1.27. The van der Waals surface area contributed by atoms with E-state index in [0.717, 1.165) is 17.1 Å². The van der Waals surface area contributed by atoms with E-state index in [1.807, 2.05) is 0 Å². The second kappa shape index (κ2) is 9.81. The van der Waals surface area contributed by atoms with Gasteiger partial charge in [0.15, 0.2) is 0 Å². The summed E-state index contributed by atoms with van der Waals surface area (Å²) in [7, 11) is 0. The van der Waals surface area contributed by atoms with Crippen LogP contribution in [-0.4, -0.2) is 8.80 Å². The molecule has 0 atom stereocenters. The molecule has 0 N–H and O–H groups in total. The van der Waals surface area contributed by atoms with E-state index in [2.05, 4.69) is 190 Å². The number of anilines is 3. The first-order valence-electron chi connectivity index (χ1n) is 18.4. The van der Waals surface area contributed by atoms with Crippen molar-refractivity contribution in [2.45, 2.75) is 0 Å². The third-order valence-corrected chi connectivity index (χ3v) is 11.9. The molecule has 4 heterocycles. The molecule has 0 fully saturated rings. The highest BCUT2D eigenvalue weighted by molar-refractivity contribution is 6.42. The molecule has 0 spiro atoms. The van der Waals surface area contributed by atoms with E-state index >= 15 is 0 Å². The van der Waals surface area contributed by atoms with Gasteiger partial charge in [0.2, 0.25) is 0 Å². The van der Waals surface area contributed by atoms with E-state index in [1.54, 1.807) is 0 Å². The Hall–Kier alpha value is -7.10. The van der Waals surface area contributed by atoms with E-state index < -0.39 is 0 Å². The number of para-hydroxylation sites is 4. The average Bonchev–Trinajstić information content (AvgIpc) is 3.95. The molecule has 9 aromatic carbocycles. The number of benzene rings is 9. The zero-order valence-corrected chi connectivity index (χ0v) is 28.6. The van der Waals surface area contributed by atoms with Crippen molar-refractivity contribution in [1.82, 2.24) is 8.80 Å². The topological polar surface area (TPSA) is 12.1 Å². The van der Waals surface area contributed by atoms with Crippen molar-refractivity contribution < 1.29 is 0 Å². The summed E-state index contributed by atoms with van der Waals surface area (Å²) < 4.78 is 5.12. The Morgan fingerprint density at radius 3 is 1.43 bits per heavy atom. The molecule has 53 heavy (non-hydrogen) atoms. The van der Waals surface area contributed by atoms with Crippen molar-refractivity contribution in [1.29, 1.82) is 0 Å². The molecule has 0 bridgehead atoms. The van der Waals surface area contributed by atoms with E-state index in [0.29, 0.717) is 0 Å². The second-order valence-electron chi connectivity index (χ2n) is 14.5. The Morgan fingerprint density at radius 1 is 0.302 bits per heavy atom. The fraction of sp³-hybridized carbons (Fsp3) is 0. The van der Waals surface area contributed by atoms with Crippen LogP contribution in [0.3, 0.4) is 0 Å². The van der Waals surface area contributed by atoms with Gasteiger partial charge in [-0.2, -0.15) is 0 Å². The van der Waals surface area contributed by atoms with Gasteiger partial charge in [0, 0.05) is 54.5 Å². The van der Waals surface area contributed by atoms with Crippen molar-refractivity contribution >= 4 is 115 Å². The minimum Gasteiger partial charge on any atom is -0.308 e. The Bertz CT molecular complexity index is 3570. The summed E-state index contributed by atoms with van der Waals surface area (Å²) >= 11 is 0. The quantitative estimate of drug-likeness (QED) is 0.182. The molecule has 0 radical (unpaired) electrons. The SMILES string of the molecule is c1ccc(N(c2ccccc2)c2cccc3c4cc5ccccc5c5c6c7c8c9ccccc9cc9c%10ccccc%10n(c7ccc6n(c23)c45)c98)cc1. The third-order valence-electron chi connectivity index (χ3n) is 11.9. The van der Waals surface area contributed by atoms with Gasteiger partial charge in [-0.05, 0) is 82.2 Å². The number of fused-ring (bicyclic) bond motifs is 17. The number of nitrogens with zero attached hydrogens (tertiary/aromatic N) is 3. The smallest absolute Gasteiger partial charge is 0.0782 e. The minimum atomic E-state index is 1.13. The van der Waals surface area contributed by atoms with Crippen LogP contribution < -0.4 is 4.90 Å². The molecular weight excluding hydrogens is 643 g/mol. The zero-order chi connectivity index (χ0) is 34.4. The van der Waals surface area contributed by atoms with Gasteiger partial charge in [-0.3, -0.25) is 0 Å². The molecule has 13 aromatic rings. The third kappa shape index (κ3) is 3.36. The predicted molar refractivity (Wildman–Crippen MR) is 225 cm³/mol. The summed E-state index contributed by atoms with van der Waals surface area (Å²) in [4.78, 5) is 2.42. The van der Waals surface area contributed by atoms with E-state index in [1.165, 1.54) is 97.7 Å². The summed E-state index contributed by atoms with van der Waals surface area (Å²) in [6.45, 7) is 0. The highest BCUT2D eigenvalue weighted by atomic mass is 15.2. The second-order valence-corrected chi connectivity index (χ2v) is 14.5. The van der Waals surface area contributed by atoms with Crippen LogP contribution in [0.15, 0.2) is 176 Å². The number of rotatable bonds is 3. The lowest BCUT2D eigenvalue weighted by Crippen LogP contribution is -2.10. The Morgan fingerprint density at radius 2 is 0.792 bits per heavy atom. The normalized spacial score (nSPS) is 12.5. The van der Waals surface area contributed by atoms with E-state index in [9.17, 15) is 0 Å². The highest BCUT2D eigenvalue weighted by Crippen LogP contribution is 2.52. The molecule has 0 aliphatic heterocycles. The van der Waals surface area contributed by atoms with Crippen LogP contribution in [0.2, 0.25) is 0 Å². The lowest BCUT2D eigenvalue weighted by Gasteiger charge is -2.26. The Kier molecular flexibility index (Phi) is 5.11. The molecule has 0 saturated heterocycles. The maximum absolute atomic E-state index is 2.59. The fourth-order valence-corrected chi connectivity index (χ4v) is 9.88. The molecule has 0 aliphatic rings. The van der Waals surface area contributed by atoms with Crippen molar-refractivity contribution in [3.05, 3.63) is 176 Å². The van der Waals surface area contributed by atoms with Gasteiger partial charge < -0.3 is 13.7 Å². The molecule has 3 heteroatoms. The summed E-state index contributed by atoms with van der Waals surface area (Å²) in [6, 6.07) is 64.9. The summed E-state index contributed by atoms with van der Waals surface area (Å²) in [5, 5.41) is 15.6. The lowest BCUT2D eigenvalue weighted by atomic mass is 9.95. The summed E-state index contributed by atoms with van der Waals surface area (Å²) in [6.07, 6.45) is 0. The first-order chi connectivity index (χ1) is 26.3. The van der Waals surface area contributed by atoms with E-state index in [-0.39, 0.29) is 0 Å².